The van der Waals surface area contributed by atoms with Gasteiger partial charge in [-0.15, -0.1) is 0 Å². The Bertz CT molecular complexity index is 422. The highest BCUT2D eigenvalue weighted by Crippen LogP contribution is 2.36. The fourth-order valence-corrected chi connectivity index (χ4v) is 2.68. The second-order valence-corrected chi connectivity index (χ2v) is 4.75. The van der Waals surface area contributed by atoms with Gasteiger partial charge >= 0.3 is 17.9 Å². The molecule has 3 unspecified atom stereocenters. The third-order valence-electron chi connectivity index (χ3n) is 3.70. The van der Waals surface area contributed by atoms with Crippen LogP contribution in [0.2, 0.25) is 0 Å². The van der Waals surface area contributed by atoms with E-state index in [2.05, 4.69) is 9.64 Å². The van der Waals surface area contributed by atoms with Gasteiger partial charge in [-0.05, 0) is 19.9 Å². The van der Waals surface area contributed by atoms with Gasteiger partial charge in [-0.1, -0.05) is 0 Å². The number of nitrogens with zero attached hydrogens (tertiary/aromatic N) is 1. The van der Waals surface area contributed by atoms with Crippen LogP contribution in [-0.4, -0.2) is 65.0 Å². The highest BCUT2D eigenvalue weighted by atomic mass is 16.5. The van der Waals surface area contributed by atoms with Crippen molar-refractivity contribution in [2.24, 2.45) is 5.92 Å². The molecule has 20 heavy (non-hydrogen) atoms. The number of methoxy groups -OCH3 is 1. The highest BCUT2D eigenvalue weighted by molar-refractivity contribution is 6.27. The van der Waals surface area contributed by atoms with E-state index in [0.29, 0.717) is 12.5 Å². The van der Waals surface area contributed by atoms with Crippen molar-refractivity contribution in [2.45, 2.75) is 31.3 Å². The van der Waals surface area contributed by atoms with Gasteiger partial charge in [0, 0.05) is 18.5 Å². The van der Waals surface area contributed by atoms with Gasteiger partial charge in [0.1, 0.15) is 11.7 Å². The van der Waals surface area contributed by atoms with Crippen molar-refractivity contribution in [2.75, 3.05) is 14.2 Å². The Morgan fingerprint density at radius 1 is 1.20 bits per heavy atom. The molecule has 0 aromatic carbocycles. The zero-order valence-corrected chi connectivity index (χ0v) is 11.2. The van der Waals surface area contributed by atoms with Crippen molar-refractivity contribution >= 4 is 23.7 Å². The molecule has 112 valence electrons. The van der Waals surface area contributed by atoms with Crippen LogP contribution in [0.1, 0.15) is 19.3 Å². The van der Waals surface area contributed by atoms with Crippen LogP contribution >= 0.6 is 0 Å². The Balaban J connectivity index is 0.000000286. The Labute approximate surface area is 115 Å². The van der Waals surface area contributed by atoms with Crippen LogP contribution in [0.25, 0.3) is 0 Å². The smallest absolute Gasteiger partial charge is 0.414 e. The summed E-state index contributed by atoms with van der Waals surface area (Å²) in [6.07, 6.45) is 2.47. The van der Waals surface area contributed by atoms with Gasteiger partial charge in [-0.2, -0.15) is 0 Å². The second-order valence-electron chi connectivity index (χ2n) is 4.75. The summed E-state index contributed by atoms with van der Waals surface area (Å²) in [4.78, 5) is 43.5. The van der Waals surface area contributed by atoms with Crippen molar-refractivity contribution < 1.29 is 34.1 Å². The van der Waals surface area contributed by atoms with E-state index in [4.69, 9.17) is 19.8 Å². The summed E-state index contributed by atoms with van der Waals surface area (Å²) in [6.45, 7) is 0. The van der Waals surface area contributed by atoms with Gasteiger partial charge in [0.15, 0.2) is 0 Å². The minimum atomic E-state index is -1.82. The molecule has 8 heteroatoms. The van der Waals surface area contributed by atoms with Gasteiger partial charge < -0.3 is 14.9 Å². The largest absolute Gasteiger partial charge is 0.473 e. The summed E-state index contributed by atoms with van der Waals surface area (Å²) in [7, 11) is 3.33. The lowest BCUT2D eigenvalue weighted by Gasteiger charge is -2.34. The van der Waals surface area contributed by atoms with Gasteiger partial charge in [0.05, 0.1) is 7.11 Å². The standard InChI is InChI=1S/C10H15NO3.C2H2O4/c1-11-6-3-4-7(11)9(8(12)5-6)10(13)14-2;3-1(4)2(5)6/h6-7,9H,3-5H2,1-2H3;(H,3,4)(H,5,6). The van der Waals surface area contributed by atoms with E-state index in [1.54, 1.807) is 0 Å². The average molecular weight is 287 g/mol. The fourth-order valence-electron chi connectivity index (χ4n) is 2.68. The summed E-state index contributed by atoms with van der Waals surface area (Å²) in [5.41, 5.74) is 0. The fraction of sp³-hybridized carbons (Fsp3) is 0.667. The van der Waals surface area contributed by atoms with Crippen LogP contribution < -0.4 is 0 Å². The van der Waals surface area contributed by atoms with Gasteiger partial charge in [-0.3, -0.25) is 14.5 Å². The molecule has 0 radical (unpaired) electrons. The second kappa shape index (κ2) is 6.47. The van der Waals surface area contributed by atoms with Crippen molar-refractivity contribution in [3.63, 3.8) is 0 Å². The van der Waals surface area contributed by atoms with Crippen LogP contribution in [0, 0.1) is 5.92 Å². The number of fused-ring (bicyclic) bond motifs is 2. The third-order valence-corrected chi connectivity index (χ3v) is 3.70. The first-order chi connectivity index (χ1) is 9.29. The molecule has 2 aliphatic rings. The highest BCUT2D eigenvalue weighted by Gasteiger charge is 2.48. The van der Waals surface area contributed by atoms with Crippen molar-refractivity contribution in [1.29, 1.82) is 0 Å². The normalized spacial score (nSPS) is 28.3. The first-order valence-corrected chi connectivity index (χ1v) is 6.08. The van der Waals surface area contributed by atoms with Crippen molar-refractivity contribution in [3.05, 3.63) is 0 Å². The number of carboxylic acids is 2. The first kappa shape index (κ1) is 16.1. The Morgan fingerprint density at radius 2 is 1.75 bits per heavy atom. The molecule has 2 rings (SSSR count). The van der Waals surface area contributed by atoms with E-state index in [9.17, 15) is 9.59 Å². The number of Topliss-reactive ketones (excluding diaryl/α,β-unsaturated/α-hetero) is 1. The summed E-state index contributed by atoms with van der Waals surface area (Å²) in [6, 6.07) is 0.433. The number of aliphatic carboxylic acids is 2. The quantitative estimate of drug-likeness (QED) is 0.371. The molecular formula is C12H17NO7. The molecule has 2 fully saturated rings. The van der Waals surface area contributed by atoms with E-state index in [-0.39, 0.29) is 17.8 Å². The lowest BCUT2D eigenvalue weighted by atomic mass is 9.89. The van der Waals surface area contributed by atoms with Gasteiger partial charge in [0.2, 0.25) is 0 Å². The molecular weight excluding hydrogens is 270 g/mol. The Morgan fingerprint density at radius 3 is 2.20 bits per heavy atom. The number of ether oxygens (including phenoxy) is 1. The summed E-state index contributed by atoms with van der Waals surface area (Å²) >= 11 is 0. The zero-order chi connectivity index (χ0) is 15.4. The van der Waals surface area contributed by atoms with Crippen LogP contribution in [0.5, 0.6) is 0 Å². The molecule has 0 spiro atoms. The molecule has 2 saturated heterocycles. The molecule has 0 aliphatic carbocycles. The minimum Gasteiger partial charge on any atom is -0.473 e. The number of esters is 1. The van der Waals surface area contributed by atoms with E-state index >= 15 is 0 Å². The van der Waals surface area contributed by atoms with Gasteiger partial charge in [0.25, 0.3) is 0 Å². The van der Waals surface area contributed by atoms with Crippen LogP contribution in [0.15, 0.2) is 0 Å². The molecule has 2 heterocycles. The molecule has 3 atom stereocenters. The number of piperidine rings is 1. The average Bonchev–Trinajstić information content (AvgIpc) is 2.62. The monoisotopic (exact) mass is 287 g/mol. The number of carboxylic acid groups (broad SMARTS) is 2. The van der Waals surface area contributed by atoms with Crippen molar-refractivity contribution in [3.8, 4) is 0 Å². The molecule has 2 N–H and O–H groups in total. The SMILES string of the molecule is COC(=O)C1C(=O)CC2CCC1N2C.O=C(O)C(=O)O. The predicted molar refractivity (Wildman–Crippen MR) is 65.0 cm³/mol. The van der Waals surface area contributed by atoms with Gasteiger partial charge in [-0.25, -0.2) is 9.59 Å². The first-order valence-electron chi connectivity index (χ1n) is 6.08. The van der Waals surface area contributed by atoms with E-state index in [0.717, 1.165) is 12.8 Å². The lowest BCUT2D eigenvalue weighted by molar-refractivity contribution is -0.159. The number of ketones is 1. The number of hydrogen-bond donors (Lipinski definition) is 2. The predicted octanol–water partition coefficient (Wildman–Crippen LogP) is -0.633. The summed E-state index contributed by atoms with van der Waals surface area (Å²) < 4.78 is 4.67. The molecule has 8 nitrogen and oxygen atoms in total. The summed E-state index contributed by atoms with van der Waals surface area (Å²) in [5, 5.41) is 14.8. The zero-order valence-electron chi connectivity index (χ0n) is 11.2. The topological polar surface area (TPSA) is 121 Å². The maximum absolute atomic E-state index is 11.7. The lowest BCUT2D eigenvalue weighted by Crippen LogP contribution is -2.50. The Hall–Kier alpha value is -1.96. The maximum atomic E-state index is 11.7. The number of carbonyl (C=O) groups excluding carboxylic acids is 2. The van der Waals surface area contributed by atoms with E-state index < -0.39 is 17.9 Å². The molecule has 0 amide bonds. The molecule has 0 saturated carbocycles. The number of hydrogen-bond acceptors (Lipinski definition) is 6. The van der Waals surface area contributed by atoms with Crippen LogP contribution in [0.3, 0.4) is 0 Å². The van der Waals surface area contributed by atoms with E-state index in [1.807, 2.05) is 7.05 Å². The molecule has 2 aliphatic heterocycles. The van der Waals surface area contributed by atoms with E-state index in [1.165, 1.54) is 7.11 Å². The molecule has 0 aromatic rings. The van der Waals surface area contributed by atoms with Crippen LogP contribution in [-0.2, 0) is 23.9 Å². The Kier molecular flexibility index (Phi) is 5.20. The summed E-state index contributed by atoms with van der Waals surface area (Å²) in [5.74, 6) is -4.50. The molecule has 2 bridgehead atoms. The minimum absolute atomic E-state index is 0.0578. The third kappa shape index (κ3) is 3.32. The maximum Gasteiger partial charge on any atom is 0.414 e. The van der Waals surface area contributed by atoms with Crippen molar-refractivity contribution in [1.82, 2.24) is 4.90 Å². The number of rotatable bonds is 1. The number of carbonyl (C=O) groups is 4. The molecule has 0 aromatic heterocycles. The van der Waals surface area contributed by atoms with Crippen LogP contribution in [0.4, 0.5) is 0 Å².